The van der Waals surface area contributed by atoms with E-state index in [1.54, 1.807) is 24.3 Å². The maximum Gasteiger partial charge on any atom is 0.343 e. The number of benzene rings is 4. The summed E-state index contributed by atoms with van der Waals surface area (Å²) in [5, 5.41) is 17.9. The molecular weight excluding hydrogens is 536 g/mol. The van der Waals surface area contributed by atoms with Crippen molar-refractivity contribution in [3.63, 3.8) is 0 Å². The van der Waals surface area contributed by atoms with E-state index in [1.165, 1.54) is 60.8 Å². The van der Waals surface area contributed by atoms with Gasteiger partial charge in [-0.2, -0.15) is 5.10 Å². The summed E-state index contributed by atoms with van der Waals surface area (Å²) in [7, 11) is 0. The van der Waals surface area contributed by atoms with E-state index in [2.05, 4.69) is 15.8 Å². The zero-order chi connectivity index (χ0) is 28.6. The number of halogens is 1. The lowest BCUT2D eigenvalue weighted by atomic mass is 10.1. The molecule has 40 heavy (non-hydrogen) atoms. The van der Waals surface area contributed by atoms with Crippen LogP contribution in [0.25, 0.3) is 0 Å². The molecule has 0 aliphatic carbocycles. The lowest BCUT2D eigenvalue weighted by Gasteiger charge is -2.08. The second-order valence-electron chi connectivity index (χ2n) is 8.47. The SMILES string of the molecule is Cc1ccc(C(=O)Nc2ccc(C(=O)N/N=C/c3cc(Cl)ccc3OC(=O)c3ccc([N+](=O)[O-])cc3)cc2)cc1. The van der Waals surface area contributed by atoms with Crippen LogP contribution in [0.15, 0.2) is 96.1 Å². The van der Waals surface area contributed by atoms with Crippen molar-refractivity contribution in [1.29, 1.82) is 0 Å². The van der Waals surface area contributed by atoms with Gasteiger partial charge in [0, 0.05) is 39.5 Å². The number of non-ortho nitro benzene ring substituents is 1. The van der Waals surface area contributed by atoms with E-state index >= 15 is 0 Å². The fraction of sp³-hybridized carbons (Fsp3) is 0.0345. The number of anilines is 1. The summed E-state index contributed by atoms with van der Waals surface area (Å²) < 4.78 is 5.41. The Kier molecular flexibility index (Phi) is 8.62. The van der Waals surface area contributed by atoms with Crippen LogP contribution < -0.4 is 15.5 Å². The predicted octanol–water partition coefficient (Wildman–Crippen LogP) is 5.79. The number of hydrazone groups is 1. The van der Waals surface area contributed by atoms with E-state index in [0.717, 1.165) is 5.56 Å². The minimum Gasteiger partial charge on any atom is -0.422 e. The van der Waals surface area contributed by atoms with Crippen LogP contribution in [0.2, 0.25) is 5.02 Å². The van der Waals surface area contributed by atoms with Gasteiger partial charge in [0.25, 0.3) is 17.5 Å². The standard InChI is InChI=1S/C29H21ClN4O6/c1-18-2-4-19(5-3-18)27(35)32-24-11-6-20(7-12-24)28(36)33-31-17-22-16-23(30)10-15-26(22)40-29(37)21-8-13-25(14-9-21)34(38)39/h2-17H,1H3,(H,32,35)(H,33,36)/b31-17+. The molecule has 200 valence electrons. The smallest absolute Gasteiger partial charge is 0.343 e. The minimum atomic E-state index is -0.745. The molecule has 0 heterocycles. The van der Waals surface area contributed by atoms with Crippen molar-refractivity contribution in [3.8, 4) is 5.75 Å². The molecule has 10 nitrogen and oxygen atoms in total. The maximum atomic E-state index is 12.5. The van der Waals surface area contributed by atoms with Gasteiger partial charge in [0.1, 0.15) is 5.75 Å². The molecule has 4 aromatic carbocycles. The number of hydrogen-bond acceptors (Lipinski definition) is 7. The highest BCUT2D eigenvalue weighted by Crippen LogP contribution is 2.23. The lowest BCUT2D eigenvalue weighted by Crippen LogP contribution is -2.18. The fourth-order valence-electron chi connectivity index (χ4n) is 3.43. The lowest BCUT2D eigenvalue weighted by molar-refractivity contribution is -0.384. The molecule has 0 radical (unpaired) electrons. The summed E-state index contributed by atoms with van der Waals surface area (Å²) in [6, 6.07) is 22.8. The third-order valence-electron chi connectivity index (χ3n) is 5.58. The third-order valence-corrected chi connectivity index (χ3v) is 5.81. The second-order valence-corrected chi connectivity index (χ2v) is 8.91. The van der Waals surface area contributed by atoms with Gasteiger partial charge in [0.2, 0.25) is 0 Å². The first kappa shape index (κ1) is 27.7. The molecular formula is C29H21ClN4O6. The number of aryl methyl sites for hydroxylation is 1. The van der Waals surface area contributed by atoms with Crippen molar-refractivity contribution in [3.05, 3.63) is 134 Å². The Bertz CT molecular complexity index is 1600. The van der Waals surface area contributed by atoms with Gasteiger partial charge in [-0.1, -0.05) is 29.3 Å². The normalized spacial score (nSPS) is 10.7. The summed E-state index contributed by atoms with van der Waals surface area (Å²) in [4.78, 5) is 47.7. The van der Waals surface area contributed by atoms with E-state index in [-0.39, 0.29) is 22.9 Å². The van der Waals surface area contributed by atoms with Crippen LogP contribution in [-0.2, 0) is 0 Å². The van der Waals surface area contributed by atoms with E-state index in [9.17, 15) is 24.5 Å². The predicted molar refractivity (Wildman–Crippen MR) is 150 cm³/mol. The quantitative estimate of drug-likeness (QED) is 0.0925. The molecule has 0 aliphatic heterocycles. The Balaban J connectivity index is 1.38. The highest BCUT2D eigenvalue weighted by Gasteiger charge is 2.14. The van der Waals surface area contributed by atoms with Gasteiger partial charge in [0.15, 0.2) is 0 Å². The summed E-state index contributed by atoms with van der Waals surface area (Å²) in [6.45, 7) is 1.93. The molecule has 2 N–H and O–H groups in total. The number of nitro benzene ring substituents is 1. The van der Waals surface area contributed by atoms with Crippen LogP contribution in [-0.4, -0.2) is 28.9 Å². The number of esters is 1. The number of amides is 2. The van der Waals surface area contributed by atoms with Crippen molar-refractivity contribution in [2.75, 3.05) is 5.32 Å². The van der Waals surface area contributed by atoms with Crippen molar-refractivity contribution in [1.82, 2.24) is 5.43 Å². The Morgan fingerprint density at radius 2 is 1.45 bits per heavy atom. The largest absolute Gasteiger partial charge is 0.422 e. The summed E-state index contributed by atoms with van der Waals surface area (Å²) in [5.41, 5.74) is 5.00. The summed E-state index contributed by atoms with van der Waals surface area (Å²) >= 11 is 6.07. The van der Waals surface area contributed by atoms with E-state index in [4.69, 9.17) is 16.3 Å². The zero-order valence-corrected chi connectivity index (χ0v) is 21.7. The van der Waals surface area contributed by atoms with Crippen molar-refractivity contribution >= 4 is 47.0 Å². The molecule has 0 unspecified atom stereocenters. The molecule has 0 aliphatic rings. The molecule has 4 aromatic rings. The van der Waals surface area contributed by atoms with Crippen LogP contribution in [0.1, 0.15) is 42.2 Å². The molecule has 0 aromatic heterocycles. The molecule has 0 fully saturated rings. The highest BCUT2D eigenvalue weighted by molar-refractivity contribution is 6.31. The van der Waals surface area contributed by atoms with Crippen LogP contribution in [0.5, 0.6) is 5.75 Å². The molecule has 2 amide bonds. The molecule has 0 saturated carbocycles. The van der Waals surface area contributed by atoms with Crippen LogP contribution in [0.3, 0.4) is 0 Å². The molecule has 0 bridgehead atoms. The van der Waals surface area contributed by atoms with Gasteiger partial charge >= 0.3 is 5.97 Å². The number of ether oxygens (including phenoxy) is 1. The van der Waals surface area contributed by atoms with Gasteiger partial charge < -0.3 is 10.1 Å². The Labute approximate surface area is 233 Å². The molecule has 4 rings (SSSR count). The molecule has 0 spiro atoms. The fourth-order valence-corrected chi connectivity index (χ4v) is 3.61. The van der Waals surface area contributed by atoms with Gasteiger partial charge in [0.05, 0.1) is 16.7 Å². The first-order valence-corrected chi connectivity index (χ1v) is 12.1. The van der Waals surface area contributed by atoms with E-state index in [0.29, 0.717) is 27.4 Å². The van der Waals surface area contributed by atoms with Crippen LogP contribution in [0, 0.1) is 17.0 Å². The van der Waals surface area contributed by atoms with Gasteiger partial charge in [-0.15, -0.1) is 0 Å². The van der Waals surface area contributed by atoms with E-state index < -0.39 is 16.8 Å². The van der Waals surface area contributed by atoms with E-state index in [1.807, 2.05) is 19.1 Å². The molecule has 11 heteroatoms. The average Bonchev–Trinajstić information content (AvgIpc) is 2.95. The number of carbonyl (C=O) groups is 3. The number of nitro groups is 1. The number of carbonyl (C=O) groups excluding carboxylic acids is 3. The first-order chi connectivity index (χ1) is 19.2. The summed E-state index contributed by atoms with van der Waals surface area (Å²) in [6.07, 6.45) is 1.26. The second kappa shape index (κ2) is 12.5. The van der Waals surface area contributed by atoms with Crippen molar-refractivity contribution in [2.45, 2.75) is 6.92 Å². The van der Waals surface area contributed by atoms with Gasteiger partial charge in [-0.3, -0.25) is 19.7 Å². The maximum absolute atomic E-state index is 12.5. The topological polar surface area (TPSA) is 140 Å². The highest BCUT2D eigenvalue weighted by atomic mass is 35.5. The monoisotopic (exact) mass is 556 g/mol. The average molecular weight is 557 g/mol. The van der Waals surface area contributed by atoms with Crippen molar-refractivity contribution < 1.29 is 24.0 Å². The minimum absolute atomic E-state index is 0.107. The number of rotatable bonds is 8. The number of nitrogens with one attached hydrogen (secondary N) is 2. The number of nitrogens with zero attached hydrogens (tertiary/aromatic N) is 2. The van der Waals surface area contributed by atoms with Crippen LogP contribution in [0.4, 0.5) is 11.4 Å². The molecule has 0 atom stereocenters. The first-order valence-electron chi connectivity index (χ1n) is 11.8. The zero-order valence-electron chi connectivity index (χ0n) is 21.0. The third kappa shape index (κ3) is 7.15. The molecule has 0 saturated heterocycles. The number of hydrogen-bond donors (Lipinski definition) is 2. The Morgan fingerprint density at radius 1 is 0.850 bits per heavy atom. The Morgan fingerprint density at radius 3 is 2.10 bits per heavy atom. The Hall–Kier alpha value is -5.35. The van der Waals surface area contributed by atoms with Gasteiger partial charge in [-0.05, 0) is 73.7 Å². The van der Waals surface area contributed by atoms with Crippen molar-refractivity contribution in [2.24, 2.45) is 5.10 Å². The van der Waals surface area contributed by atoms with Gasteiger partial charge in [-0.25, -0.2) is 10.2 Å². The summed E-state index contributed by atoms with van der Waals surface area (Å²) in [5.74, 6) is -1.42. The van der Waals surface area contributed by atoms with Crippen LogP contribution >= 0.6 is 11.6 Å².